The predicted molar refractivity (Wildman–Crippen MR) is 98.0 cm³/mol. The standard InChI is InChI=1S/C18H20ClNOSSe/c1-12-6-7-13(11-20-12)17(23-14-4-2-3-5-14)10-15(21)16-8-9-18(19)22-16/h6-9,11,14,17H,2-5,10H2,1H3/t17-/m1/s1. The Labute approximate surface area is 152 Å². The molecule has 1 fully saturated rings. The summed E-state index contributed by atoms with van der Waals surface area (Å²) in [4.78, 5) is 19.0. The van der Waals surface area contributed by atoms with Gasteiger partial charge in [0.2, 0.25) is 0 Å². The number of aryl methyl sites for hydroxylation is 1. The molecule has 2 heterocycles. The molecule has 1 saturated carbocycles. The molecule has 0 aliphatic heterocycles. The summed E-state index contributed by atoms with van der Waals surface area (Å²) >= 11 is 7.81. The van der Waals surface area contributed by atoms with Gasteiger partial charge in [0.25, 0.3) is 0 Å². The van der Waals surface area contributed by atoms with Gasteiger partial charge < -0.3 is 0 Å². The second kappa shape index (κ2) is 7.94. The number of hydrogen-bond acceptors (Lipinski definition) is 3. The number of pyridine rings is 1. The topological polar surface area (TPSA) is 30.0 Å². The van der Waals surface area contributed by atoms with Gasteiger partial charge in [-0.25, -0.2) is 0 Å². The fourth-order valence-corrected chi connectivity index (χ4v) is 7.28. The maximum atomic E-state index is 12.6. The minimum absolute atomic E-state index is 0.215. The number of carbonyl (C=O) groups is 1. The molecule has 2 nitrogen and oxygen atoms in total. The summed E-state index contributed by atoms with van der Waals surface area (Å²) in [6.45, 7) is 2.00. The van der Waals surface area contributed by atoms with E-state index in [1.807, 2.05) is 25.3 Å². The van der Waals surface area contributed by atoms with Crippen molar-refractivity contribution in [2.24, 2.45) is 0 Å². The molecule has 0 radical (unpaired) electrons. The zero-order valence-corrected chi connectivity index (χ0v) is 16.4. The molecule has 0 saturated heterocycles. The van der Waals surface area contributed by atoms with E-state index in [0.717, 1.165) is 15.4 Å². The van der Waals surface area contributed by atoms with Crippen molar-refractivity contribution in [2.75, 3.05) is 0 Å². The fourth-order valence-electron chi connectivity index (χ4n) is 2.90. The second-order valence-corrected chi connectivity index (χ2v) is 10.9. The van der Waals surface area contributed by atoms with Crippen LogP contribution in [0.1, 0.15) is 57.8 Å². The van der Waals surface area contributed by atoms with E-state index in [1.165, 1.54) is 42.6 Å². The van der Waals surface area contributed by atoms with E-state index >= 15 is 0 Å². The summed E-state index contributed by atoms with van der Waals surface area (Å²) in [5.74, 6) is 0.215. The Morgan fingerprint density at radius 1 is 1.35 bits per heavy atom. The molecular formula is C18H20ClNOSSe. The van der Waals surface area contributed by atoms with Gasteiger partial charge in [0.05, 0.1) is 0 Å². The summed E-state index contributed by atoms with van der Waals surface area (Å²) in [7, 11) is 0. The monoisotopic (exact) mass is 413 g/mol. The first-order valence-electron chi connectivity index (χ1n) is 7.98. The van der Waals surface area contributed by atoms with Gasteiger partial charge in [-0.05, 0) is 0 Å². The van der Waals surface area contributed by atoms with E-state index in [2.05, 4.69) is 17.1 Å². The number of halogens is 1. The number of aromatic nitrogens is 1. The van der Waals surface area contributed by atoms with Crippen molar-refractivity contribution < 1.29 is 4.79 Å². The Balaban J connectivity index is 1.76. The number of carbonyl (C=O) groups excluding carboxylic acids is 1. The van der Waals surface area contributed by atoms with Crippen molar-refractivity contribution in [3.05, 3.63) is 50.9 Å². The Bertz CT molecular complexity index is 664. The maximum absolute atomic E-state index is 12.6. The van der Waals surface area contributed by atoms with Gasteiger partial charge >= 0.3 is 153 Å². The molecule has 0 amide bonds. The number of ketones is 1. The molecule has 1 atom stereocenters. The summed E-state index contributed by atoms with van der Waals surface area (Å²) in [5.41, 5.74) is 2.25. The van der Waals surface area contributed by atoms with Gasteiger partial charge in [0.15, 0.2) is 0 Å². The normalized spacial score (nSPS) is 16.6. The molecule has 3 rings (SSSR count). The second-order valence-electron chi connectivity index (χ2n) is 6.00. The SMILES string of the molecule is Cc1ccc([C@@H](CC(=O)c2ccc(Cl)s2)[Se]C2CCCC2)cn1. The molecule has 1 aliphatic rings. The summed E-state index contributed by atoms with van der Waals surface area (Å²) in [6, 6.07) is 7.87. The average molecular weight is 413 g/mol. The fraction of sp³-hybridized carbons (Fsp3) is 0.444. The van der Waals surface area contributed by atoms with Crippen LogP contribution in [-0.4, -0.2) is 25.7 Å². The number of rotatable bonds is 6. The molecule has 0 unspecified atom stereocenters. The molecule has 2 aromatic heterocycles. The van der Waals surface area contributed by atoms with Gasteiger partial charge in [0, 0.05) is 0 Å². The number of thiophene rings is 1. The number of nitrogens with zero attached hydrogens (tertiary/aromatic N) is 1. The van der Waals surface area contributed by atoms with E-state index in [-0.39, 0.29) is 5.78 Å². The van der Waals surface area contributed by atoms with Crippen LogP contribution in [0.4, 0.5) is 0 Å². The van der Waals surface area contributed by atoms with Crippen LogP contribution >= 0.6 is 22.9 Å². The summed E-state index contributed by atoms with van der Waals surface area (Å²) < 4.78 is 0.684. The summed E-state index contributed by atoms with van der Waals surface area (Å²) in [6.07, 6.45) is 7.90. The molecule has 5 heteroatoms. The van der Waals surface area contributed by atoms with Crippen molar-refractivity contribution in [3.63, 3.8) is 0 Å². The van der Waals surface area contributed by atoms with Gasteiger partial charge in [-0.15, -0.1) is 0 Å². The minimum atomic E-state index is 0.215. The van der Waals surface area contributed by atoms with Crippen LogP contribution in [0.15, 0.2) is 30.5 Å². The van der Waals surface area contributed by atoms with Crippen LogP contribution in [0.3, 0.4) is 0 Å². The quantitative estimate of drug-likeness (QED) is 0.464. The first-order chi connectivity index (χ1) is 11.1. The van der Waals surface area contributed by atoms with E-state index in [4.69, 9.17) is 11.6 Å². The zero-order chi connectivity index (χ0) is 16.2. The summed E-state index contributed by atoms with van der Waals surface area (Å²) in [5, 5.41) is 0. The van der Waals surface area contributed by atoms with Gasteiger partial charge in [-0.1, -0.05) is 0 Å². The molecule has 122 valence electrons. The van der Waals surface area contributed by atoms with Crippen LogP contribution in [0.5, 0.6) is 0 Å². The van der Waals surface area contributed by atoms with Crippen LogP contribution < -0.4 is 0 Å². The van der Waals surface area contributed by atoms with Crippen molar-refractivity contribution in [3.8, 4) is 0 Å². The Kier molecular flexibility index (Phi) is 5.92. The van der Waals surface area contributed by atoms with Gasteiger partial charge in [0.1, 0.15) is 0 Å². The van der Waals surface area contributed by atoms with Crippen LogP contribution in [0.2, 0.25) is 9.15 Å². The molecule has 0 aromatic carbocycles. The molecular weight excluding hydrogens is 393 g/mol. The van der Waals surface area contributed by atoms with E-state index in [1.54, 1.807) is 0 Å². The van der Waals surface area contributed by atoms with Gasteiger partial charge in [-0.3, -0.25) is 0 Å². The van der Waals surface area contributed by atoms with Crippen molar-refractivity contribution >= 4 is 43.7 Å². The molecule has 0 N–H and O–H groups in total. The van der Waals surface area contributed by atoms with E-state index in [0.29, 0.717) is 30.5 Å². The third-order valence-corrected chi connectivity index (χ3v) is 8.86. The van der Waals surface area contributed by atoms with E-state index in [9.17, 15) is 4.79 Å². The van der Waals surface area contributed by atoms with Crippen molar-refractivity contribution in [1.29, 1.82) is 0 Å². The van der Waals surface area contributed by atoms with Gasteiger partial charge in [-0.2, -0.15) is 0 Å². The van der Waals surface area contributed by atoms with Crippen LogP contribution in [0, 0.1) is 6.92 Å². The third kappa shape index (κ3) is 4.67. The zero-order valence-electron chi connectivity index (χ0n) is 13.1. The number of Topliss-reactive ketones (excluding diaryl/α,β-unsaturated/α-hetero) is 1. The third-order valence-electron chi connectivity index (χ3n) is 4.18. The first-order valence-corrected chi connectivity index (χ1v) is 11.2. The Morgan fingerprint density at radius 3 is 2.74 bits per heavy atom. The number of hydrogen-bond donors (Lipinski definition) is 0. The van der Waals surface area contributed by atoms with Crippen LogP contribution in [0.25, 0.3) is 0 Å². The first kappa shape index (κ1) is 17.2. The van der Waals surface area contributed by atoms with E-state index < -0.39 is 0 Å². The van der Waals surface area contributed by atoms with Crippen molar-refractivity contribution in [2.45, 2.75) is 48.7 Å². The van der Waals surface area contributed by atoms with Crippen LogP contribution in [-0.2, 0) is 0 Å². The predicted octanol–water partition coefficient (Wildman–Crippen LogP) is 5.49. The molecule has 0 bridgehead atoms. The average Bonchev–Trinajstić information content (AvgIpc) is 3.19. The molecule has 2 aromatic rings. The molecule has 23 heavy (non-hydrogen) atoms. The Morgan fingerprint density at radius 2 is 2.13 bits per heavy atom. The Hall–Kier alpha value is -0.671. The van der Waals surface area contributed by atoms with Crippen molar-refractivity contribution in [1.82, 2.24) is 4.98 Å². The molecule has 1 aliphatic carbocycles. The molecule has 0 spiro atoms.